The molecule has 1 aromatic heterocycles. The second-order valence-corrected chi connectivity index (χ2v) is 5.51. The molecular weight excluding hydrogens is 314 g/mol. The fourth-order valence-corrected chi connectivity index (χ4v) is 2.55. The van der Waals surface area contributed by atoms with Crippen molar-refractivity contribution in [2.45, 2.75) is 6.92 Å². The molecule has 0 unspecified atom stereocenters. The van der Waals surface area contributed by atoms with E-state index in [2.05, 4.69) is 5.10 Å². The van der Waals surface area contributed by atoms with Crippen LogP contribution in [0.4, 0.5) is 0 Å². The zero-order valence-electron chi connectivity index (χ0n) is 13.5. The Balaban J connectivity index is 2.21. The summed E-state index contributed by atoms with van der Waals surface area (Å²) in [7, 11) is 0. The van der Waals surface area contributed by atoms with Gasteiger partial charge in [0.05, 0.1) is 11.4 Å². The van der Waals surface area contributed by atoms with Crippen LogP contribution in [-0.2, 0) is 4.79 Å². The summed E-state index contributed by atoms with van der Waals surface area (Å²) in [5, 5.41) is 22.8. The molecule has 0 fully saturated rings. The molecule has 3 rings (SSSR count). The van der Waals surface area contributed by atoms with E-state index in [1.54, 1.807) is 16.9 Å². The van der Waals surface area contributed by atoms with Gasteiger partial charge in [-0.15, -0.1) is 0 Å². The lowest BCUT2D eigenvalue weighted by atomic mass is 10.1. The maximum absolute atomic E-state index is 11.2. The first-order chi connectivity index (χ1) is 12.1. The van der Waals surface area contributed by atoms with E-state index in [-0.39, 0.29) is 5.57 Å². The Kier molecular flexibility index (Phi) is 4.44. The number of benzene rings is 2. The summed E-state index contributed by atoms with van der Waals surface area (Å²) in [5.74, 6) is -1.26. The number of carboxylic acids is 1. The fraction of sp³-hybridized carbons (Fsp3) is 0.0500. The molecule has 0 aliphatic carbocycles. The molecule has 0 aliphatic heterocycles. The highest BCUT2D eigenvalue weighted by molar-refractivity contribution is 5.97. The van der Waals surface area contributed by atoms with Crippen molar-refractivity contribution in [3.8, 4) is 23.0 Å². The van der Waals surface area contributed by atoms with Crippen LogP contribution in [0.15, 0.2) is 66.4 Å². The molecular formula is C20H15N3O2. The van der Waals surface area contributed by atoms with E-state index in [4.69, 9.17) is 10.4 Å². The summed E-state index contributed by atoms with van der Waals surface area (Å²) in [6.07, 6.45) is 3.09. The number of para-hydroxylation sites is 1. The molecule has 5 heteroatoms. The highest BCUT2D eigenvalue weighted by Crippen LogP contribution is 2.26. The molecule has 122 valence electrons. The molecule has 25 heavy (non-hydrogen) atoms. The first kappa shape index (κ1) is 16.2. The summed E-state index contributed by atoms with van der Waals surface area (Å²) < 4.78 is 1.71. The van der Waals surface area contributed by atoms with Gasteiger partial charge in [0, 0.05) is 17.3 Å². The van der Waals surface area contributed by atoms with Crippen molar-refractivity contribution in [2.75, 3.05) is 0 Å². The quantitative estimate of drug-likeness (QED) is 0.582. The number of nitriles is 1. The number of aliphatic carboxylic acids is 1. The van der Waals surface area contributed by atoms with Crippen LogP contribution in [0.5, 0.6) is 0 Å². The lowest BCUT2D eigenvalue weighted by Crippen LogP contribution is -1.97. The molecule has 0 aliphatic rings. The van der Waals surface area contributed by atoms with Crippen LogP contribution in [0, 0.1) is 18.3 Å². The van der Waals surface area contributed by atoms with E-state index in [1.165, 1.54) is 6.08 Å². The fourth-order valence-electron chi connectivity index (χ4n) is 2.55. The minimum atomic E-state index is -1.26. The average Bonchev–Trinajstić information content (AvgIpc) is 3.04. The first-order valence-corrected chi connectivity index (χ1v) is 7.66. The van der Waals surface area contributed by atoms with Crippen molar-refractivity contribution in [1.82, 2.24) is 9.78 Å². The highest BCUT2D eigenvalue weighted by atomic mass is 16.4. The molecule has 0 amide bonds. The maximum Gasteiger partial charge on any atom is 0.346 e. The molecule has 3 aromatic rings. The number of carbonyl (C=O) groups is 1. The average molecular weight is 329 g/mol. The van der Waals surface area contributed by atoms with Gasteiger partial charge in [-0.05, 0) is 24.6 Å². The van der Waals surface area contributed by atoms with Gasteiger partial charge in [0.15, 0.2) is 0 Å². The highest BCUT2D eigenvalue weighted by Gasteiger charge is 2.14. The zero-order chi connectivity index (χ0) is 17.8. The molecule has 1 heterocycles. The van der Waals surface area contributed by atoms with E-state index in [0.717, 1.165) is 16.8 Å². The van der Waals surface area contributed by atoms with Crippen molar-refractivity contribution in [2.24, 2.45) is 0 Å². The molecule has 0 spiro atoms. The van der Waals surface area contributed by atoms with Gasteiger partial charge < -0.3 is 5.11 Å². The van der Waals surface area contributed by atoms with Crippen LogP contribution in [0.2, 0.25) is 0 Å². The predicted molar refractivity (Wildman–Crippen MR) is 95.0 cm³/mol. The van der Waals surface area contributed by atoms with E-state index >= 15 is 0 Å². The van der Waals surface area contributed by atoms with Gasteiger partial charge in [-0.3, -0.25) is 0 Å². The van der Waals surface area contributed by atoms with Gasteiger partial charge in [-0.1, -0.05) is 48.5 Å². The molecule has 5 nitrogen and oxygen atoms in total. The lowest BCUT2D eigenvalue weighted by Gasteiger charge is -2.04. The molecule has 1 N–H and O–H groups in total. The lowest BCUT2D eigenvalue weighted by molar-refractivity contribution is -0.132. The van der Waals surface area contributed by atoms with Crippen molar-refractivity contribution >= 4 is 12.0 Å². The number of hydrogen-bond donors (Lipinski definition) is 1. The number of rotatable bonds is 4. The number of hydrogen-bond acceptors (Lipinski definition) is 3. The smallest absolute Gasteiger partial charge is 0.346 e. The van der Waals surface area contributed by atoms with Crippen LogP contribution in [0.3, 0.4) is 0 Å². The van der Waals surface area contributed by atoms with Gasteiger partial charge in [0.25, 0.3) is 0 Å². The molecule has 0 atom stereocenters. The van der Waals surface area contributed by atoms with Gasteiger partial charge in [0.1, 0.15) is 11.6 Å². The molecule has 0 radical (unpaired) electrons. The van der Waals surface area contributed by atoms with Crippen LogP contribution >= 0.6 is 0 Å². The van der Waals surface area contributed by atoms with E-state index in [9.17, 15) is 4.79 Å². The monoisotopic (exact) mass is 329 g/mol. The Labute approximate surface area is 145 Å². The molecule has 0 bridgehead atoms. The van der Waals surface area contributed by atoms with Crippen LogP contribution in [-0.4, -0.2) is 20.9 Å². The second-order valence-electron chi connectivity index (χ2n) is 5.51. The Hall–Kier alpha value is -3.65. The van der Waals surface area contributed by atoms with Gasteiger partial charge in [-0.25, -0.2) is 9.48 Å². The third kappa shape index (κ3) is 3.33. The minimum Gasteiger partial charge on any atom is -0.477 e. The zero-order valence-corrected chi connectivity index (χ0v) is 13.5. The normalized spacial score (nSPS) is 11.1. The standard InChI is InChI=1S/C20H15N3O2/c1-14-7-5-6-10-18(14)23-13-17(11-16(12-21)20(24)25)19(22-23)15-8-3-2-4-9-15/h2-11,13H,1H3,(H,24,25)/b16-11+. The third-order valence-electron chi connectivity index (χ3n) is 3.80. The Morgan fingerprint density at radius 1 is 1.16 bits per heavy atom. The van der Waals surface area contributed by atoms with E-state index in [0.29, 0.717) is 11.3 Å². The number of carboxylic acid groups (broad SMARTS) is 1. The SMILES string of the molecule is Cc1ccccc1-n1cc(/C=C(\C#N)C(=O)O)c(-c2ccccc2)n1. The van der Waals surface area contributed by atoms with Crippen LogP contribution < -0.4 is 0 Å². The van der Waals surface area contributed by atoms with E-state index < -0.39 is 5.97 Å². The van der Waals surface area contributed by atoms with E-state index in [1.807, 2.05) is 61.5 Å². The topological polar surface area (TPSA) is 78.9 Å². The van der Waals surface area contributed by atoms with Crippen molar-refractivity contribution < 1.29 is 9.90 Å². The Morgan fingerprint density at radius 2 is 1.84 bits per heavy atom. The second kappa shape index (κ2) is 6.85. The number of nitrogens with zero attached hydrogens (tertiary/aromatic N) is 3. The Bertz CT molecular complexity index is 995. The number of aromatic nitrogens is 2. The third-order valence-corrected chi connectivity index (χ3v) is 3.80. The van der Waals surface area contributed by atoms with Crippen molar-refractivity contribution in [3.63, 3.8) is 0 Å². The summed E-state index contributed by atoms with van der Waals surface area (Å²) >= 11 is 0. The van der Waals surface area contributed by atoms with Gasteiger partial charge in [-0.2, -0.15) is 10.4 Å². The van der Waals surface area contributed by atoms with Gasteiger partial charge >= 0.3 is 5.97 Å². The first-order valence-electron chi connectivity index (χ1n) is 7.66. The molecule has 0 saturated heterocycles. The van der Waals surface area contributed by atoms with Crippen LogP contribution in [0.1, 0.15) is 11.1 Å². The van der Waals surface area contributed by atoms with Crippen LogP contribution in [0.25, 0.3) is 23.0 Å². The Morgan fingerprint density at radius 3 is 2.48 bits per heavy atom. The maximum atomic E-state index is 11.2. The minimum absolute atomic E-state index is 0.332. The molecule has 0 saturated carbocycles. The summed E-state index contributed by atoms with van der Waals surface area (Å²) in [6, 6.07) is 19.0. The summed E-state index contributed by atoms with van der Waals surface area (Å²) in [5.41, 5.74) is 3.66. The summed E-state index contributed by atoms with van der Waals surface area (Å²) in [4.78, 5) is 11.2. The predicted octanol–water partition coefficient (Wildman–Crippen LogP) is 3.84. The van der Waals surface area contributed by atoms with Crippen molar-refractivity contribution in [1.29, 1.82) is 5.26 Å². The van der Waals surface area contributed by atoms with Crippen molar-refractivity contribution in [3.05, 3.63) is 77.5 Å². The summed E-state index contributed by atoms with van der Waals surface area (Å²) in [6.45, 7) is 1.98. The van der Waals surface area contributed by atoms with Gasteiger partial charge in [0.2, 0.25) is 0 Å². The number of aryl methyl sites for hydroxylation is 1. The largest absolute Gasteiger partial charge is 0.477 e. The molecule has 2 aromatic carbocycles.